The van der Waals surface area contributed by atoms with Gasteiger partial charge in [0.2, 0.25) is 0 Å². The number of carbonyl (C=O) groups is 2. The normalized spacial score (nSPS) is 18.6. The van der Waals surface area contributed by atoms with Crippen molar-refractivity contribution in [3.05, 3.63) is 82.3 Å². The summed E-state index contributed by atoms with van der Waals surface area (Å²) in [4.78, 5) is 44.8. The van der Waals surface area contributed by atoms with Crippen LogP contribution in [0.2, 0.25) is 0 Å². The molecule has 35 heavy (non-hydrogen) atoms. The van der Waals surface area contributed by atoms with Gasteiger partial charge in [0.25, 0.3) is 17.4 Å². The van der Waals surface area contributed by atoms with Gasteiger partial charge in [-0.05, 0) is 44.7 Å². The highest BCUT2D eigenvalue weighted by Gasteiger charge is 2.45. The van der Waals surface area contributed by atoms with Gasteiger partial charge < -0.3 is 4.90 Å². The van der Waals surface area contributed by atoms with E-state index in [-0.39, 0.29) is 28.6 Å². The fourth-order valence-electron chi connectivity index (χ4n) is 5.15. The van der Waals surface area contributed by atoms with E-state index in [1.54, 1.807) is 0 Å². The quantitative estimate of drug-likeness (QED) is 0.548. The molecule has 1 saturated heterocycles. The number of nitrogens with one attached hydrogen (secondary N) is 1. The lowest BCUT2D eigenvalue weighted by Crippen LogP contribution is -2.41. The molecule has 0 radical (unpaired) electrons. The maximum atomic E-state index is 14.0. The molecule has 2 aliphatic rings. The van der Waals surface area contributed by atoms with E-state index in [0.29, 0.717) is 36.6 Å². The first-order valence-corrected chi connectivity index (χ1v) is 12.4. The van der Waals surface area contributed by atoms with Crippen LogP contribution in [0.25, 0.3) is 22.5 Å². The van der Waals surface area contributed by atoms with Gasteiger partial charge in [-0.25, -0.2) is 4.68 Å². The maximum absolute atomic E-state index is 14.0. The molecule has 1 atom stereocenters. The number of amides is 2. The summed E-state index contributed by atoms with van der Waals surface area (Å²) in [6.07, 6.45) is 3.63. The van der Waals surface area contributed by atoms with E-state index in [1.807, 2.05) is 72.5 Å². The fourth-order valence-corrected chi connectivity index (χ4v) is 5.15. The Hall–Kier alpha value is -3.87. The Balaban J connectivity index is 1.80. The molecule has 0 saturated carbocycles. The maximum Gasteiger partial charge on any atom is 0.280 e. The van der Waals surface area contributed by atoms with Crippen molar-refractivity contribution in [2.45, 2.75) is 45.6 Å². The number of likely N-dealkylation sites (tertiary alicyclic amines) is 1. The van der Waals surface area contributed by atoms with Crippen molar-refractivity contribution in [2.75, 3.05) is 13.1 Å². The molecule has 0 bridgehead atoms. The molecule has 1 N–H and O–H groups in total. The highest BCUT2D eigenvalue weighted by Crippen LogP contribution is 2.37. The molecule has 1 aromatic heterocycles. The van der Waals surface area contributed by atoms with Gasteiger partial charge in [-0.1, -0.05) is 55.5 Å². The van der Waals surface area contributed by atoms with Crippen molar-refractivity contribution in [3.63, 3.8) is 0 Å². The van der Waals surface area contributed by atoms with E-state index in [4.69, 9.17) is 0 Å². The van der Waals surface area contributed by atoms with Gasteiger partial charge in [0.05, 0.1) is 22.5 Å². The number of hydrogen-bond acceptors (Lipinski definition) is 4. The van der Waals surface area contributed by atoms with Crippen LogP contribution in [0.5, 0.6) is 0 Å². The van der Waals surface area contributed by atoms with Crippen molar-refractivity contribution >= 4 is 17.4 Å². The Kier molecular flexibility index (Phi) is 6.16. The Labute approximate surface area is 204 Å². The Bertz CT molecular complexity index is 1340. The van der Waals surface area contributed by atoms with Gasteiger partial charge in [-0.2, -0.15) is 0 Å². The average molecular weight is 471 g/mol. The number of aromatic nitrogens is 2. The molecule has 3 heterocycles. The van der Waals surface area contributed by atoms with Crippen molar-refractivity contribution in [3.8, 4) is 16.9 Å². The molecule has 2 aromatic carbocycles. The highest BCUT2D eigenvalue weighted by molar-refractivity contribution is 6.36. The first kappa shape index (κ1) is 22.9. The van der Waals surface area contributed by atoms with Crippen LogP contribution in [0.15, 0.2) is 71.2 Å². The summed E-state index contributed by atoms with van der Waals surface area (Å²) in [7, 11) is 0. The van der Waals surface area contributed by atoms with Crippen LogP contribution in [0.3, 0.4) is 0 Å². The fraction of sp³-hybridized carbons (Fsp3) is 0.321. The average Bonchev–Trinajstić information content (AvgIpc) is 3.34. The zero-order valence-electron chi connectivity index (χ0n) is 20.2. The third kappa shape index (κ3) is 3.91. The zero-order valence-corrected chi connectivity index (χ0v) is 20.2. The summed E-state index contributed by atoms with van der Waals surface area (Å²) in [5.41, 5.74) is 2.47. The molecule has 7 nitrogen and oxygen atoms in total. The molecule has 2 amide bonds. The van der Waals surface area contributed by atoms with Gasteiger partial charge in [-0.15, -0.1) is 0 Å². The second-order valence-corrected chi connectivity index (χ2v) is 9.23. The molecule has 180 valence electrons. The smallest absolute Gasteiger partial charge is 0.280 e. The molecular formula is C28H30N4O3. The molecule has 3 aromatic rings. The number of para-hydroxylation sites is 1. The van der Waals surface area contributed by atoms with Gasteiger partial charge in [0, 0.05) is 24.7 Å². The van der Waals surface area contributed by atoms with Crippen molar-refractivity contribution in [1.82, 2.24) is 19.6 Å². The predicted molar refractivity (Wildman–Crippen MR) is 136 cm³/mol. The second-order valence-electron chi connectivity index (χ2n) is 9.23. The van der Waals surface area contributed by atoms with Crippen LogP contribution >= 0.6 is 0 Å². The molecule has 0 spiro atoms. The van der Waals surface area contributed by atoms with E-state index < -0.39 is 5.91 Å². The van der Waals surface area contributed by atoms with Crippen LogP contribution in [0.4, 0.5) is 0 Å². The van der Waals surface area contributed by atoms with Crippen molar-refractivity contribution < 1.29 is 9.59 Å². The van der Waals surface area contributed by atoms with Crippen LogP contribution in [-0.4, -0.2) is 50.5 Å². The van der Waals surface area contributed by atoms with E-state index in [0.717, 1.165) is 24.8 Å². The summed E-state index contributed by atoms with van der Waals surface area (Å²) in [6.45, 7) is 5.04. The van der Waals surface area contributed by atoms with Gasteiger partial charge >= 0.3 is 0 Å². The molecule has 0 aliphatic carbocycles. The lowest BCUT2D eigenvalue weighted by molar-refractivity contribution is -0.137. The van der Waals surface area contributed by atoms with E-state index >= 15 is 0 Å². The number of rotatable bonds is 6. The number of piperidine rings is 1. The molecule has 7 heteroatoms. The van der Waals surface area contributed by atoms with Crippen molar-refractivity contribution in [1.29, 1.82) is 0 Å². The zero-order chi connectivity index (χ0) is 24.5. The van der Waals surface area contributed by atoms with Crippen LogP contribution in [-0.2, 0) is 9.59 Å². The van der Waals surface area contributed by atoms with Gasteiger partial charge in [-0.3, -0.25) is 24.4 Å². The first-order valence-electron chi connectivity index (χ1n) is 12.4. The largest absolute Gasteiger partial charge is 0.364 e. The Morgan fingerprint density at radius 1 is 0.914 bits per heavy atom. The van der Waals surface area contributed by atoms with Crippen LogP contribution in [0.1, 0.15) is 45.1 Å². The van der Waals surface area contributed by atoms with Gasteiger partial charge in [0.15, 0.2) is 0 Å². The summed E-state index contributed by atoms with van der Waals surface area (Å²) in [6, 6.07) is 18.9. The third-order valence-electron chi connectivity index (χ3n) is 6.90. The number of hydrogen-bond donors (Lipinski definition) is 1. The SMILES string of the molecule is CCCN1C(=O)C(c2c(-c3ccccc3)[nH]n(-c3ccccc3)c2=O)=C(N2CCCCC2C)C1=O. The minimum atomic E-state index is -0.391. The highest BCUT2D eigenvalue weighted by atomic mass is 16.2. The molecule has 2 aliphatic heterocycles. The number of nitrogens with zero attached hydrogens (tertiary/aromatic N) is 3. The van der Waals surface area contributed by atoms with E-state index in [2.05, 4.69) is 12.0 Å². The Morgan fingerprint density at radius 3 is 2.26 bits per heavy atom. The molecule has 5 rings (SSSR count). The standard InChI is InChI=1S/C28H30N4O3/c1-3-17-31-26(33)23(25(28(31)35)30-18-11-10-12-19(30)2)22-24(20-13-6-4-7-14-20)29-32(27(22)34)21-15-8-5-9-16-21/h4-9,13-16,19,29H,3,10-12,17-18H2,1-2H3. The lowest BCUT2D eigenvalue weighted by Gasteiger charge is -2.36. The van der Waals surface area contributed by atoms with Crippen LogP contribution in [0, 0.1) is 0 Å². The molecule has 1 unspecified atom stereocenters. The lowest BCUT2D eigenvalue weighted by atomic mass is 9.97. The molecular weight excluding hydrogens is 440 g/mol. The number of carbonyl (C=O) groups excluding carboxylic acids is 2. The van der Waals surface area contributed by atoms with Gasteiger partial charge in [0.1, 0.15) is 5.70 Å². The Morgan fingerprint density at radius 2 is 1.60 bits per heavy atom. The number of imide groups is 1. The topological polar surface area (TPSA) is 78.4 Å². The number of H-pyrrole nitrogens is 1. The van der Waals surface area contributed by atoms with Crippen LogP contribution < -0.4 is 5.56 Å². The number of aromatic amines is 1. The second kappa shape index (κ2) is 9.41. The van der Waals surface area contributed by atoms with E-state index in [9.17, 15) is 14.4 Å². The summed E-state index contributed by atoms with van der Waals surface area (Å²) in [5, 5.41) is 3.25. The first-order chi connectivity index (χ1) is 17.0. The minimum Gasteiger partial charge on any atom is -0.364 e. The summed E-state index contributed by atoms with van der Waals surface area (Å²) in [5.74, 6) is -0.690. The molecule has 1 fully saturated rings. The third-order valence-corrected chi connectivity index (χ3v) is 6.90. The van der Waals surface area contributed by atoms with E-state index in [1.165, 1.54) is 9.58 Å². The summed E-state index contributed by atoms with van der Waals surface area (Å²) < 4.78 is 1.46. The monoisotopic (exact) mass is 470 g/mol. The van der Waals surface area contributed by atoms with Crippen molar-refractivity contribution in [2.24, 2.45) is 0 Å². The summed E-state index contributed by atoms with van der Waals surface area (Å²) >= 11 is 0. The number of benzene rings is 2. The minimum absolute atomic E-state index is 0.113. The predicted octanol–water partition coefficient (Wildman–Crippen LogP) is 4.20.